The van der Waals surface area contributed by atoms with E-state index in [1.165, 1.54) is 27.6 Å². The number of halogens is 1. The lowest BCUT2D eigenvalue weighted by Gasteiger charge is -2.39. The van der Waals surface area contributed by atoms with Crippen molar-refractivity contribution >= 4 is 23.2 Å². The molecular formula is C27H20ClN3O5. The van der Waals surface area contributed by atoms with Crippen molar-refractivity contribution in [3.05, 3.63) is 115 Å². The maximum atomic E-state index is 13.7. The van der Waals surface area contributed by atoms with Crippen LogP contribution in [0.3, 0.4) is 0 Å². The molecule has 0 radical (unpaired) electrons. The maximum absolute atomic E-state index is 13.7. The summed E-state index contributed by atoms with van der Waals surface area (Å²) in [5.74, 6) is -1.29. The lowest BCUT2D eigenvalue weighted by molar-refractivity contribution is -0.116. The second kappa shape index (κ2) is 7.93. The van der Waals surface area contributed by atoms with Gasteiger partial charge in [-0.2, -0.15) is 0 Å². The highest BCUT2D eigenvalue weighted by molar-refractivity contribution is 6.32. The molecule has 3 aromatic rings. The molecule has 0 saturated carbocycles. The summed E-state index contributed by atoms with van der Waals surface area (Å²) in [7, 11) is 0. The van der Waals surface area contributed by atoms with E-state index >= 15 is 0 Å². The van der Waals surface area contributed by atoms with E-state index < -0.39 is 23.3 Å². The third kappa shape index (κ3) is 3.07. The van der Waals surface area contributed by atoms with Gasteiger partial charge in [0.05, 0.1) is 18.3 Å². The Morgan fingerprint density at radius 1 is 1.00 bits per heavy atom. The summed E-state index contributed by atoms with van der Waals surface area (Å²) in [6.45, 7) is 1.71. The number of phenolic OH excluding ortho intramolecular Hbond substituents is 1. The van der Waals surface area contributed by atoms with Crippen molar-refractivity contribution in [1.29, 1.82) is 0 Å². The van der Waals surface area contributed by atoms with Gasteiger partial charge in [0.15, 0.2) is 11.6 Å². The third-order valence-electron chi connectivity index (χ3n) is 7.14. The first-order chi connectivity index (χ1) is 17.3. The van der Waals surface area contributed by atoms with Crippen molar-refractivity contribution in [2.24, 2.45) is 0 Å². The zero-order valence-electron chi connectivity index (χ0n) is 19.1. The quantitative estimate of drug-likeness (QED) is 0.429. The zero-order chi connectivity index (χ0) is 25.3. The Morgan fingerprint density at radius 3 is 2.47 bits per heavy atom. The number of hydrogen-bond acceptors (Lipinski definition) is 5. The monoisotopic (exact) mass is 501 g/mol. The molecule has 1 aromatic heterocycles. The van der Waals surface area contributed by atoms with Crippen LogP contribution in [-0.2, 0) is 16.1 Å². The Labute approximate surface area is 209 Å². The smallest absolute Gasteiger partial charge is 0.352 e. The molecule has 36 heavy (non-hydrogen) atoms. The number of Topliss-reactive ketones (excluding diaryl/α,β-unsaturated/α-hetero) is 1. The van der Waals surface area contributed by atoms with Crippen LogP contribution in [0.5, 0.6) is 5.75 Å². The molecule has 0 fully saturated rings. The normalized spacial score (nSPS) is 20.9. The molecule has 1 N–H and O–H groups in total. The summed E-state index contributed by atoms with van der Waals surface area (Å²) in [6, 6.07) is 12.5. The van der Waals surface area contributed by atoms with Crippen LogP contribution in [-0.4, -0.2) is 30.6 Å². The molecule has 6 rings (SSSR count). The second-order valence-electron chi connectivity index (χ2n) is 9.14. The van der Waals surface area contributed by atoms with Crippen molar-refractivity contribution in [2.45, 2.75) is 31.8 Å². The van der Waals surface area contributed by atoms with Gasteiger partial charge >= 0.3 is 11.4 Å². The summed E-state index contributed by atoms with van der Waals surface area (Å²) >= 11 is 6.53. The minimum absolute atomic E-state index is 0.0327. The highest BCUT2D eigenvalue weighted by Gasteiger charge is 2.45. The molecule has 0 amide bonds. The molecule has 180 valence electrons. The summed E-state index contributed by atoms with van der Waals surface area (Å²) in [5.41, 5.74) is 1.65. The van der Waals surface area contributed by atoms with Crippen LogP contribution in [0, 0.1) is 0 Å². The number of benzene rings is 2. The molecule has 3 aliphatic rings. The fraction of sp³-hybridized carbons (Fsp3) is 0.185. The number of fused-ring (bicyclic) bond motifs is 3. The van der Waals surface area contributed by atoms with Gasteiger partial charge in [-0.1, -0.05) is 41.9 Å². The first kappa shape index (κ1) is 22.3. The van der Waals surface area contributed by atoms with Gasteiger partial charge in [0.2, 0.25) is 0 Å². The van der Waals surface area contributed by atoms with Gasteiger partial charge in [-0.25, -0.2) is 23.5 Å². The van der Waals surface area contributed by atoms with Crippen LogP contribution in [0.25, 0.3) is 5.69 Å². The Bertz CT molecular complexity index is 1700. The fourth-order valence-corrected chi connectivity index (χ4v) is 5.84. The molecule has 2 aliphatic carbocycles. The lowest BCUT2D eigenvalue weighted by atomic mass is 9.68. The number of carbonyl (C=O) groups is 2. The van der Waals surface area contributed by atoms with Crippen LogP contribution in [0.1, 0.15) is 30.9 Å². The van der Waals surface area contributed by atoms with Crippen LogP contribution in [0.15, 0.2) is 92.6 Å². The van der Waals surface area contributed by atoms with E-state index in [1.54, 1.807) is 43.3 Å². The SMILES string of the molecule is CC1=CC(=O)C2=C(C[C@@H]3C(=CCn4c(=O)n(-c5ccccc5)c(=O)n43)[C@@H]2c2ccc(O)cc2Cl)C1=O. The molecule has 2 heterocycles. The van der Waals surface area contributed by atoms with E-state index in [0.29, 0.717) is 33.5 Å². The first-order valence-corrected chi connectivity index (χ1v) is 11.8. The number of ketones is 2. The van der Waals surface area contributed by atoms with Crippen molar-refractivity contribution < 1.29 is 14.7 Å². The summed E-state index contributed by atoms with van der Waals surface area (Å²) < 4.78 is 3.87. The van der Waals surface area contributed by atoms with E-state index in [9.17, 15) is 24.3 Å². The number of hydrogen-bond donors (Lipinski definition) is 1. The topological polar surface area (TPSA) is 103 Å². The average molecular weight is 502 g/mol. The molecule has 0 spiro atoms. The lowest BCUT2D eigenvalue weighted by Crippen LogP contribution is -2.40. The van der Waals surface area contributed by atoms with Crippen LogP contribution >= 0.6 is 11.6 Å². The van der Waals surface area contributed by atoms with Crippen molar-refractivity contribution in [2.75, 3.05) is 0 Å². The number of carbonyl (C=O) groups excluding carboxylic acids is 2. The molecule has 0 unspecified atom stereocenters. The van der Waals surface area contributed by atoms with Gasteiger partial charge in [-0.15, -0.1) is 0 Å². The predicted octanol–water partition coefficient (Wildman–Crippen LogP) is 3.22. The minimum atomic E-state index is -0.705. The van der Waals surface area contributed by atoms with Crippen molar-refractivity contribution in [3.8, 4) is 11.4 Å². The molecule has 2 aromatic carbocycles. The minimum Gasteiger partial charge on any atom is -0.508 e. The standard InChI is InChI=1S/C27H20ClN3O5/c1-14-11-22(33)24-19(25(14)34)13-21-18(23(24)17-8-7-16(32)12-20(17)28)9-10-29-26(35)30(27(36)31(21)29)15-5-3-2-4-6-15/h2-9,11-12,21,23,32H,10,13H2,1H3/t21-,23+/m1/s1. The first-order valence-electron chi connectivity index (χ1n) is 11.5. The molecule has 9 heteroatoms. The van der Waals surface area contributed by atoms with E-state index in [4.69, 9.17) is 11.6 Å². The van der Waals surface area contributed by atoms with Gasteiger partial charge in [0.25, 0.3) is 0 Å². The number of allylic oxidation sites excluding steroid dienone is 6. The maximum Gasteiger partial charge on any atom is 0.352 e. The Hall–Kier alpha value is -4.17. The average Bonchev–Trinajstić information content (AvgIpc) is 3.12. The molecule has 8 nitrogen and oxygen atoms in total. The summed E-state index contributed by atoms with van der Waals surface area (Å²) in [5, 5.41) is 10.1. The van der Waals surface area contributed by atoms with Gasteiger partial charge in [0, 0.05) is 34.1 Å². The second-order valence-corrected chi connectivity index (χ2v) is 9.55. The number of para-hydroxylation sites is 1. The zero-order valence-corrected chi connectivity index (χ0v) is 19.9. The van der Waals surface area contributed by atoms with Crippen LogP contribution in [0.4, 0.5) is 0 Å². The van der Waals surface area contributed by atoms with E-state index in [1.807, 2.05) is 6.08 Å². The Morgan fingerprint density at radius 2 is 1.75 bits per heavy atom. The Kier molecular flexibility index (Phi) is 4.91. The predicted molar refractivity (Wildman–Crippen MR) is 133 cm³/mol. The number of phenols is 1. The van der Waals surface area contributed by atoms with Gasteiger partial charge in [-0.05, 0) is 48.4 Å². The number of aromatic hydroxyl groups is 1. The molecular weight excluding hydrogens is 482 g/mol. The molecule has 1 aliphatic heterocycles. The van der Waals surface area contributed by atoms with E-state index in [2.05, 4.69) is 0 Å². The van der Waals surface area contributed by atoms with Gasteiger partial charge in [-0.3, -0.25) is 9.59 Å². The van der Waals surface area contributed by atoms with Crippen molar-refractivity contribution in [1.82, 2.24) is 13.9 Å². The molecule has 2 atom stereocenters. The van der Waals surface area contributed by atoms with Crippen LogP contribution < -0.4 is 11.4 Å². The van der Waals surface area contributed by atoms with Gasteiger partial charge < -0.3 is 5.11 Å². The van der Waals surface area contributed by atoms with Crippen LogP contribution in [0.2, 0.25) is 5.02 Å². The number of aromatic nitrogens is 3. The highest BCUT2D eigenvalue weighted by atomic mass is 35.5. The number of nitrogens with zero attached hydrogens (tertiary/aromatic N) is 3. The largest absolute Gasteiger partial charge is 0.508 e. The van der Waals surface area contributed by atoms with E-state index in [0.717, 1.165) is 4.57 Å². The molecule has 0 saturated heterocycles. The van der Waals surface area contributed by atoms with Crippen molar-refractivity contribution in [3.63, 3.8) is 0 Å². The summed E-state index contributed by atoms with van der Waals surface area (Å²) in [4.78, 5) is 53.4. The fourth-order valence-electron chi connectivity index (χ4n) is 5.56. The summed E-state index contributed by atoms with van der Waals surface area (Å²) in [6.07, 6.45) is 3.27. The Balaban J connectivity index is 1.61. The highest BCUT2D eigenvalue weighted by Crippen LogP contribution is 2.51. The van der Waals surface area contributed by atoms with Gasteiger partial charge in [0.1, 0.15) is 5.75 Å². The molecule has 0 bridgehead atoms. The third-order valence-corrected chi connectivity index (χ3v) is 7.47. The van der Waals surface area contributed by atoms with E-state index in [-0.39, 0.29) is 35.3 Å². The number of rotatable bonds is 2.